The first-order chi connectivity index (χ1) is 11.7. The number of fused-ring (bicyclic) bond motifs is 1. The summed E-state index contributed by atoms with van der Waals surface area (Å²) in [6.45, 7) is 0.411. The molecule has 1 amide bonds. The number of rotatable bonds is 3. The number of benzene rings is 2. The summed E-state index contributed by atoms with van der Waals surface area (Å²) in [6, 6.07) is 19.3. The van der Waals surface area contributed by atoms with Crippen LogP contribution in [0.5, 0.6) is 0 Å². The first kappa shape index (κ1) is 15.0. The van der Waals surface area contributed by atoms with Gasteiger partial charge in [0.15, 0.2) is 0 Å². The van der Waals surface area contributed by atoms with Crippen molar-refractivity contribution in [1.82, 2.24) is 4.90 Å². The number of furan rings is 1. The quantitative estimate of drug-likeness (QED) is 0.706. The Morgan fingerprint density at radius 2 is 1.83 bits per heavy atom. The number of hydrogen-bond donors (Lipinski definition) is 1. The van der Waals surface area contributed by atoms with Crippen LogP contribution in [-0.2, 0) is 6.54 Å². The molecular weight excluding hydrogens is 368 g/mol. The fourth-order valence-electron chi connectivity index (χ4n) is 2.93. The van der Waals surface area contributed by atoms with E-state index in [4.69, 9.17) is 4.42 Å². The highest BCUT2D eigenvalue weighted by Gasteiger charge is 2.33. The van der Waals surface area contributed by atoms with Crippen LogP contribution in [0.15, 0.2) is 75.8 Å². The lowest BCUT2D eigenvalue weighted by molar-refractivity contribution is 0.0651. The smallest absolute Gasteiger partial charge is 0.258 e. The zero-order chi connectivity index (χ0) is 16.5. The second-order valence-electron chi connectivity index (χ2n) is 5.66. The number of anilines is 1. The predicted molar refractivity (Wildman–Crippen MR) is 95.5 cm³/mol. The molecule has 0 radical (unpaired) electrons. The lowest BCUT2D eigenvalue weighted by atomic mass is 10.0. The summed E-state index contributed by atoms with van der Waals surface area (Å²) < 4.78 is 6.45. The van der Waals surface area contributed by atoms with Crippen molar-refractivity contribution >= 4 is 27.5 Å². The summed E-state index contributed by atoms with van der Waals surface area (Å²) >= 11 is 3.45. The number of nitrogens with one attached hydrogen (secondary N) is 1. The Morgan fingerprint density at radius 1 is 1.04 bits per heavy atom. The van der Waals surface area contributed by atoms with Gasteiger partial charge in [0, 0.05) is 10.2 Å². The number of amides is 1. The second kappa shape index (κ2) is 6.17. The molecule has 0 fully saturated rings. The van der Waals surface area contributed by atoms with Crippen LogP contribution in [-0.4, -0.2) is 10.8 Å². The lowest BCUT2D eigenvalue weighted by Gasteiger charge is -2.37. The average Bonchev–Trinajstić information content (AvgIpc) is 3.11. The van der Waals surface area contributed by atoms with Crippen LogP contribution in [0.4, 0.5) is 5.69 Å². The monoisotopic (exact) mass is 382 g/mol. The normalized spacial score (nSPS) is 16.6. The van der Waals surface area contributed by atoms with Crippen LogP contribution < -0.4 is 5.32 Å². The van der Waals surface area contributed by atoms with E-state index < -0.39 is 0 Å². The second-order valence-corrected chi connectivity index (χ2v) is 6.57. The standard InChI is InChI=1S/C19H15BrN2O2/c20-14-9-7-13(8-10-14)18-21-17-6-2-1-5-16(17)19(23)22(18)12-15-4-3-11-24-15/h1-11,18,21H,12H2/t18-/m1/s1. The molecule has 1 aliphatic heterocycles. The van der Waals surface area contributed by atoms with Crippen LogP contribution in [0, 0.1) is 0 Å². The number of halogens is 1. The van der Waals surface area contributed by atoms with Gasteiger partial charge in [-0.2, -0.15) is 0 Å². The van der Waals surface area contributed by atoms with Gasteiger partial charge in [0.2, 0.25) is 0 Å². The minimum Gasteiger partial charge on any atom is -0.467 e. The molecule has 0 bridgehead atoms. The highest BCUT2D eigenvalue weighted by molar-refractivity contribution is 9.10. The molecule has 5 heteroatoms. The average molecular weight is 383 g/mol. The van der Waals surface area contributed by atoms with Gasteiger partial charge in [-0.3, -0.25) is 4.79 Å². The topological polar surface area (TPSA) is 45.5 Å². The predicted octanol–water partition coefficient (Wildman–Crippen LogP) is 4.81. The summed E-state index contributed by atoms with van der Waals surface area (Å²) in [7, 11) is 0. The summed E-state index contributed by atoms with van der Waals surface area (Å²) in [4.78, 5) is 14.8. The number of hydrogen-bond acceptors (Lipinski definition) is 3. The van der Waals surface area contributed by atoms with E-state index in [1.54, 1.807) is 11.2 Å². The number of carbonyl (C=O) groups is 1. The zero-order valence-electron chi connectivity index (χ0n) is 12.8. The molecule has 3 aromatic rings. The van der Waals surface area contributed by atoms with E-state index in [1.807, 2.05) is 60.7 Å². The Hall–Kier alpha value is -2.53. The maximum atomic E-state index is 13.0. The van der Waals surface area contributed by atoms with Crippen molar-refractivity contribution in [3.8, 4) is 0 Å². The Morgan fingerprint density at radius 3 is 2.58 bits per heavy atom. The first-order valence-electron chi connectivity index (χ1n) is 7.67. The van der Waals surface area contributed by atoms with Crippen LogP contribution in [0.25, 0.3) is 0 Å². The van der Waals surface area contributed by atoms with Crippen molar-refractivity contribution in [2.24, 2.45) is 0 Å². The lowest BCUT2D eigenvalue weighted by Crippen LogP contribution is -2.42. The molecule has 1 aliphatic rings. The maximum absolute atomic E-state index is 13.0. The molecule has 1 aromatic heterocycles. The Balaban J connectivity index is 1.76. The van der Waals surface area contributed by atoms with Crippen molar-refractivity contribution in [1.29, 1.82) is 0 Å². The molecular formula is C19H15BrN2O2. The van der Waals surface area contributed by atoms with Crippen molar-refractivity contribution in [3.63, 3.8) is 0 Å². The third-order valence-electron chi connectivity index (χ3n) is 4.11. The van der Waals surface area contributed by atoms with Gasteiger partial charge in [0.05, 0.1) is 18.4 Å². The van der Waals surface area contributed by atoms with Gasteiger partial charge in [-0.25, -0.2) is 0 Å². The van der Waals surface area contributed by atoms with Gasteiger partial charge in [-0.15, -0.1) is 0 Å². The molecule has 4 rings (SSSR count). The fraction of sp³-hybridized carbons (Fsp3) is 0.105. The molecule has 0 spiro atoms. The van der Waals surface area contributed by atoms with Gasteiger partial charge < -0.3 is 14.6 Å². The van der Waals surface area contributed by atoms with Gasteiger partial charge >= 0.3 is 0 Å². The minimum absolute atomic E-state index is 0.00586. The third kappa shape index (κ3) is 2.71. The molecule has 4 nitrogen and oxygen atoms in total. The SMILES string of the molecule is O=C1c2ccccc2N[C@@H](c2ccc(Br)cc2)N1Cc1ccco1. The van der Waals surface area contributed by atoms with E-state index in [0.717, 1.165) is 21.5 Å². The zero-order valence-corrected chi connectivity index (χ0v) is 14.4. The fourth-order valence-corrected chi connectivity index (χ4v) is 3.20. The summed E-state index contributed by atoms with van der Waals surface area (Å²) in [5, 5.41) is 3.47. The molecule has 2 aromatic carbocycles. The van der Waals surface area contributed by atoms with Crippen LogP contribution >= 0.6 is 15.9 Å². The number of nitrogens with zero attached hydrogens (tertiary/aromatic N) is 1. The van der Waals surface area contributed by atoms with E-state index in [1.165, 1.54) is 0 Å². The van der Waals surface area contributed by atoms with Crippen molar-refractivity contribution in [2.45, 2.75) is 12.7 Å². The van der Waals surface area contributed by atoms with Gasteiger partial charge in [0.1, 0.15) is 11.9 Å². The van der Waals surface area contributed by atoms with E-state index in [2.05, 4.69) is 21.2 Å². The molecule has 0 saturated carbocycles. The molecule has 0 aliphatic carbocycles. The molecule has 0 saturated heterocycles. The highest BCUT2D eigenvalue weighted by Crippen LogP contribution is 2.34. The van der Waals surface area contributed by atoms with Crippen LogP contribution in [0.1, 0.15) is 27.8 Å². The maximum Gasteiger partial charge on any atom is 0.258 e. The number of carbonyl (C=O) groups excluding carboxylic acids is 1. The Kier molecular flexibility index (Phi) is 3.86. The number of para-hydroxylation sites is 1. The van der Waals surface area contributed by atoms with E-state index in [0.29, 0.717) is 12.1 Å². The Labute approximate surface area is 148 Å². The molecule has 2 heterocycles. The minimum atomic E-state index is -0.245. The van der Waals surface area contributed by atoms with Gasteiger partial charge in [-0.1, -0.05) is 40.2 Å². The van der Waals surface area contributed by atoms with E-state index in [9.17, 15) is 4.79 Å². The van der Waals surface area contributed by atoms with Gasteiger partial charge in [0.25, 0.3) is 5.91 Å². The first-order valence-corrected chi connectivity index (χ1v) is 8.46. The summed E-state index contributed by atoms with van der Waals surface area (Å²) in [5.41, 5.74) is 2.55. The molecule has 120 valence electrons. The highest BCUT2D eigenvalue weighted by atomic mass is 79.9. The van der Waals surface area contributed by atoms with E-state index in [-0.39, 0.29) is 12.1 Å². The largest absolute Gasteiger partial charge is 0.467 e. The van der Waals surface area contributed by atoms with Gasteiger partial charge in [-0.05, 0) is 42.0 Å². The van der Waals surface area contributed by atoms with Crippen molar-refractivity contribution in [2.75, 3.05) is 5.32 Å². The van der Waals surface area contributed by atoms with Crippen LogP contribution in [0.3, 0.4) is 0 Å². The molecule has 1 atom stereocenters. The van der Waals surface area contributed by atoms with Crippen LogP contribution in [0.2, 0.25) is 0 Å². The third-order valence-corrected chi connectivity index (χ3v) is 4.64. The molecule has 1 N–H and O–H groups in total. The Bertz CT molecular complexity index is 859. The van der Waals surface area contributed by atoms with Crippen molar-refractivity contribution in [3.05, 3.63) is 88.3 Å². The molecule has 0 unspecified atom stereocenters. The van der Waals surface area contributed by atoms with Crippen molar-refractivity contribution < 1.29 is 9.21 Å². The summed E-state index contributed by atoms with van der Waals surface area (Å²) in [5.74, 6) is 0.750. The summed E-state index contributed by atoms with van der Waals surface area (Å²) in [6.07, 6.45) is 1.38. The van der Waals surface area contributed by atoms with E-state index >= 15 is 0 Å². The molecule has 24 heavy (non-hydrogen) atoms.